The summed E-state index contributed by atoms with van der Waals surface area (Å²) in [6.07, 6.45) is 0.913. The van der Waals surface area contributed by atoms with Crippen LogP contribution in [-0.2, 0) is 16.6 Å². The van der Waals surface area contributed by atoms with Crippen molar-refractivity contribution in [2.24, 2.45) is 11.7 Å². The molecule has 0 aliphatic heterocycles. The van der Waals surface area contributed by atoms with Crippen molar-refractivity contribution < 1.29 is 8.42 Å². The average molecular weight is 333 g/mol. The molecule has 4 nitrogen and oxygen atoms in total. The first kappa shape index (κ1) is 14.0. The molecule has 2 rings (SSSR count). The fraction of sp³-hybridized carbons (Fsp3) is 0.500. The highest BCUT2D eigenvalue weighted by Gasteiger charge is 2.37. The van der Waals surface area contributed by atoms with Crippen LogP contribution in [0.2, 0.25) is 0 Å². The third kappa shape index (κ3) is 2.77. The maximum Gasteiger partial charge on any atom is 0.241 e. The molecule has 1 saturated carbocycles. The van der Waals surface area contributed by atoms with Crippen LogP contribution in [0.3, 0.4) is 0 Å². The summed E-state index contributed by atoms with van der Waals surface area (Å²) in [4.78, 5) is 0.316. The highest BCUT2D eigenvalue weighted by molar-refractivity contribution is 9.10. The third-order valence-corrected chi connectivity index (χ3v) is 5.74. The van der Waals surface area contributed by atoms with E-state index in [1.807, 2.05) is 13.0 Å². The first-order valence-corrected chi connectivity index (χ1v) is 8.14. The van der Waals surface area contributed by atoms with Gasteiger partial charge in [0, 0.05) is 17.1 Å². The maximum absolute atomic E-state index is 12.3. The maximum atomic E-state index is 12.3. The molecule has 0 heterocycles. The monoisotopic (exact) mass is 332 g/mol. The molecule has 1 aliphatic rings. The van der Waals surface area contributed by atoms with E-state index in [1.165, 1.54) is 0 Å². The molecule has 1 fully saturated rings. The van der Waals surface area contributed by atoms with Crippen molar-refractivity contribution in [1.29, 1.82) is 0 Å². The van der Waals surface area contributed by atoms with Gasteiger partial charge in [0.05, 0.1) is 4.90 Å². The van der Waals surface area contributed by atoms with Crippen molar-refractivity contribution in [3.8, 4) is 0 Å². The first-order valence-electron chi connectivity index (χ1n) is 5.86. The zero-order valence-electron chi connectivity index (χ0n) is 10.4. The largest absolute Gasteiger partial charge is 0.326 e. The highest BCUT2D eigenvalue weighted by Crippen LogP contribution is 2.32. The second-order valence-corrected chi connectivity index (χ2v) is 7.38. The van der Waals surface area contributed by atoms with E-state index < -0.39 is 10.0 Å². The predicted molar refractivity (Wildman–Crippen MR) is 74.7 cm³/mol. The summed E-state index contributed by atoms with van der Waals surface area (Å²) in [5.41, 5.74) is 7.10. The van der Waals surface area contributed by atoms with Crippen molar-refractivity contribution >= 4 is 26.0 Å². The molecule has 3 N–H and O–H groups in total. The second-order valence-electron chi connectivity index (χ2n) is 4.85. The number of nitrogens with one attached hydrogen (secondary N) is 1. The molecule has 0 saturated heterocycles. The van der Waals surface area contributed by atoms with Gasteiger partial charge >= 0.3 is 0 Å². The standard InChI is InChI=1S/C12H17BrN2O2S/c1-7-3-11(7)15-18(16,17)12-5-9(6-14)4-10(13)8(12)2/h4-5,7,11,15H,3,6,14H2,1-2H3. The van der Waals surface area contributed by atoms with E-state index in [0.29, 0.717) is 22.9 Å². The van der Waals surface area contributed by atoms with Gasteiger partial charge in [-0.25, -0.2) is 13.1 Å². The van der Waals surface area contributed by atoms with Crippen LogP contribution in [0.4, 0.5) is 0 Å². The molecule has 0 aromatic heterocycles. The molecule has 1 aromatic carbocycles. The lowest BCUT2D eigenvalue weighted by atomic mass is 10.1. The molecule has 1 aliphatic carbocycles. The molecule has 1 aromatic rings. The quantitative estimate of drug-likeness (QED) is 0.884. The molecule has 2 unspecified atom stereocenters. The molecule has 0 amide bonds. The fourth-order valence-corrected chi connectivity index (χ4v) is 4.17. The summed E-state index contributed by atoms with van der Waals surface area (Å²) >= 11 is 3.38. The Hall–Kier alpha value is -0.430. The molecule has 0 radical (unpaired) electrons. The molecule has 18 heavy (non-hydrogen) atoms. The Labute approximate surface area is 116 Å². The molecular formula is C12H17BrN2O2S. The Bertz CT molecular complexity index is 572. The summed E-state index contributed by atoms with van der Waals surface area (Å²) in [6, 6.07) is 3.58. The molecular weight excluding hydrogens is 316 g/mol. The summed E-state index contributed by atoms with van der Waals surface area (Å²) in [6.45, 7) is 4.14. The van der Waals surface area contributed by atoms with Gasteiger partial charge in [-0.3, -0.25) is 0 Å². The van der Waals surface area contributed by atoms with Crippen molar-refractivity contribution in [2.45, 2.75) is 37.8 Å². The number of benzene rings is 1. The first-order chi connectivity index (χ1) is 8.35. The van der Waals surface area contributed by atoms with E-state index in [1.54, 1.807) is 13.0 Å². The van der Waals surface area contributed by atoms with Gasteiger partial charge in [-0.05, 0) is 42.5 Å². The minimum atomic E-state index is -3.45. The lowest BCUT2D eigenvalue weighted by molar-refractivity contribution is 0.577. The van der Waals surface area contributed by atoms with E-state index in [2.05, 4.69) is 20.7 Å². The topological polar surface area (TPSA) is 72.2 Å². The zero-order chi connectivity index (χ0) is 13.5. The Kier molecular flexibility index (Phi) is 3.82. The lowest BCUT2D eigenvalue weighted by Gasteiger charge is -2.12. The van der Waals surface area contributed by atoms with Crippen molar-refractivity contribution in [3.63, 3.8) is 0 Å². The zero-order valence-corrected chi connectivity index (χ0v) is 12.8. The van der Waals surface area contributed by atoms with Gasteiger partial charge in [-0.15, -0.1) is 0 Å². The van der Waals surface area contributed by atoms with Crippen LogP contribution in [0.1, 0.15) is 24.5 Å². The highest BCUT2D eigenvalue weighted by atomic mass is 79.9. The van der Waals surface area contributed by atoms with Crippen LogP contribution in [0.25, 0.3) is 0 Å². The van der Waals surface area contributed by atoms with Crippen molar-refractivity contribution in [3.05, 3.63) is 27.7 Å². The van der Waals surface area contributed by atoms with Gasteiger partial charge in [-0.1, -0.05) is 22.9 Å². The van der Waals surface area contributed by atoms with Crippen LogP contribution in [0.15, 0.2) is 21.5 Å². The molecule has 0 spiro atoms. The smallest absolute Gasteiger partial charge is 0.241 e. The summed E-state index contributed by atoms with van der Waals surface area (Å²) in [5.74, 6) is 0.432. The van der Waals surface area contributed by atoms with E-state index in [4.69, 9.17) is 5.73 Å². The summed E-state index contributed by atoms with van der Waals surface area (Å²) < 4.78 is 28.1. The normalized spacial score (nSPS) is 23.1. The average Bonchev–Trinajstić information content (AvgIpc) is 2.96. The number of hydrogen-bond donors (Lipinski definition) is 2. The van der Waals surface area contributed by atoms with Gasteiger partial charge in [0.2, 0.25) is 10.0 Å². The van der Waals surface area contributed by atoms with E-state index >= 15 is 0 Å². The van der Waals surface area contributed by atoms with Gasteiger partial charge in [0.25, 0.3) is 0 Å². The molecule has 100 valence electrons. The molecule has 2 atom stereocenters. The van der Waals surface area contributed by atoms with Gasteiger partial charge in [0.1, 0.15) is 0 Å². The van der Waals surface area contributed by atoms with Crippen LogP contribution >= 0.6 is 15.9 Å². The number of hydrogen-bond acceptors (Lipinski definition) is 3. The van der Waals surface area contributed by atoms with Crippen molar-refractivity contribution in [1.82, 2.24) is 4.72 Å². The van der Waals surface area contributed by atoms with Gasteiger partial charge in [0.15, 0.2) is 0 Å². The molecule has 6 heteroatoms. The fourth-order valence-electron chi connectivity index (χ4n) is 1.85. The summed E-state index contributed by atoms with van der Waals surface area (Å²) in [5, 5.41) is 0. The van der Waals surface area contributed by atoms with Crippen molar-refractivity contribution in [2.75, 3.05) is 0 Å². The predicted octanol–water partition coefficient (Wildman–Crippen LogP) is 1.90. The van der Waals surface area contributed by atoms with E-state index in [9.17, 15) is 8.42 Å². The number of halogens is 1. The van der Waals surface area contributed by atoms with Crippen LogP contribution in [-0.4, -0.2) is 14.5 Å². The van der Waals surface area contributed by atoms with Gasteiger partial charge in [-0.2, -0.15) is 0 Å². The minimum Gasteiger partial charge on any atom is -0.326 e. The number of sulfonamides is 1. The Morgan fingerprint density at radius 3 is 2.61 bits per heavy atom. The number of nitrogens with two attached hydrogens (primary N) is 1. The van der Waals surface area contributed by atoms with Gasteiger partial charge < -0.3 is 5.73 Å². The Morgan fingerprint density at radius 2 is 2.11 bits per heavy atom. The van der Waals surface area contributed by atoms with Crippen LogP contribution in [0.5, 0.6) is 0 Å². The molecule has 0 bridgehead atoms. The summed E-state index contributed by atoms with van der Waals surface area (Å²) in [7, 11) is -3.45. The Balaban J connectivity index is 2.39. The van der Waals surface area contributed by atoms with Crippen LogP contribution in [0, 0.1) is 12.8 Å². The van der Waals surface area contributed by atoms with E-state index in [-0.39, 0.29) is 6.04 Å². The van der Waals surface area contributed by atoms with Crippen LogP contribution < -0.4 is 10.5 Å². The second kappa shape index (κ2) is 4.92. The lowest BCUT2D eigenvalue weighted by Crippen LogP contribution is -2.27. The Morgan fingerprint density at radius 1 is 1.50 bits per heavy atom. The SMILES string of the molecule is Cc1c(Br)cc(CN)cc1S(=O)(=O)NC1CC1C. The minimum absolute atomic E-state index is 0.0784. The third-order valence-electron chi connectivity index (χ3n) is 3.30. The number of rotatable bonds is 4. The van der Waals surface area contributed by atoms with E-state index in [0.717, 1.165) is 16.5 Å².